The zero-order valence-electron chi connectivity index (χ0n) is 12.5. The number of benzene rings is 1. The zero-order valence-corrected chi connectivity index (χ0v) is 12.5. The third kappa shape index (κ3) is 4.84. The van der Waals surface area contributed by atoms with Crippen LogP contribution in [-0.2, 0) is 4.79 Å². The lowest BCUT2D eigenvalue weighted by atomic mass is 10.1. The molecule has 114 valence electrons. The Morgan fingerprint density at radius 1 is 1.36 bits per heavy atom. The molecule has 0 fully saturated rings. The Bertz CT molecular complexity index is 627. The number of hydrogen-bond acceptors (Lipinski definition) is 4. The minimum absolute atomic E-state index is 0.00339. The number of carbonyl (C=O) groups excluding carboxylic acids is 1. The van der Waals surface area contributed by atoms with Gasteiger partial charge in [-0.15, -0.1) is 6.58 Å². The van der Waals surface area contributed by atoms with E-state index in [1.54, 1.807) is 30.4 Å². The lowest BCUT2D eigenvalue weighted by Gasteiger charge is -2.10. The maximum atomic E-state index is 11.8. The van der Waals surface area contributed by atoms with E-state index in [1.165, 1.54) is 13.2 Å². The molecular formula is C17H18N2O3. The van der Waals surface area contributed by atoms with Gasteiger partial charge in [-0.3, -0.25) is 4.79 Å². The van der Waals surface area contributed by atoms with Gasteiger partial charge in [0.2, 0.25) is 0 Å². The first-order valence-corrected chi connectivity index (χ1v) is 6.58. The second kappa shape index (κ2) is 9.03. The Balaban J connectivity index is 3.02. The molecule has 0 saturated carbocycles. The van der Waals surface area contributed by atoms with Gasteiger partial charge in [-0.05, 0) is 23.8 Å². The topological polar surface area (TPSA) is 71.4 Å². The van der Waals surface area contributed by atoms with Crippen molar-refractivity contribution in [3.8, 4) is 17.6 Å². The van der Waals surface area contributed by atoms with Crippen LogP contribution >= 0.6 is 0 Å². The number of amides is 1. The van der Waals surface area contributed by atoms with Crippen LogP contribution in [0.15, 0.2) is 49.1 Å². The molecule has 0 aliphatic heterocycles. The molecule has 0 spiro atoms. The summed E-state index contributed by atoms with van der Waals surface area (Å²) >= 11 is 0. The molecule has 0 bridgehead atoms. The molecule has 0 radical (unpaired) electrons. The summed E-state index contributed by atoms with van der Waals surface area (Å²) in [5, 5.41) is 11.6. The van der Waals surface area contributed by atoms with E-state index in [9.17, 15) is 4.79 Å². The van der Waals surface area contributed by atoms with Crippen molar-refractivity contribution in [3.63, 3.8) is 0 Å². The molecule has 22 heavy (non-hydrogen) atoms. The van der Waals surface area contributed by atoms with Gasteiger partial charge in [-0.2, -0.15) is 5.26 Å². The summed E-state index contributed by atoms with van der Waals surface area (Å²) in [6.07, 6.45) is 4.66. The third-order valence-corrected chi connectivity index (χ3v) is 2.63. The number of nitriles is 1. The third-order valence-electron chi connectivity index (χ3n) is 2.63. The molecule has 5 nitrogen and oxygen atoms in total. The Morgan fingerprint density at radius 2 is 2.14 bits per heavy atom. The van der Waals surface area contributed by atoms with Gasteiger partial charge >= 0.3 is 0 Å². The second-order valence-electron chi connectivity index (χ2n) is 4.18. The number of rotatable bonds is 8. The zero-order chi connectivity index (χ0) is 16.4. The van der Waals surface area contributed by atoms with Crippen molar-refractivity contribution >= 4 is 12.0 Å². The number of carbonyl (C=O) groups is 1. The van der Waals surface area contributed by atoms with Crippen LogP contribution < -0.4 is 14.8 Å². The lowest BCUT2D eigenvalue weighted by Crippen LogP contribution is -2.24. The Hall–Kier alpha value is -3.00. The average molecular weight is 298 g/mol. The van der Waals surface area contributed by atoms with Crippen LogP contribution in [-0.4, -0.2) is 26.2 Å². The maximum Gasteiger partial charge on any atom is 0.262 e. The lowest BCUT2D eigenvalue weighted by molar-refractivity contribution is -0.116. The molecular weight excluding hydrogens is 280 g/mol. The summed E-state index contributed by atoms with van der Waals surface area (Å²) in [5.74, 6) is 0.627. The summed E-state index contributed by atoms with van der Waals surface area (Å²) in [5.41, 5.74) is 0.664. The first kappa shape index (κ1) is 17.1. The van der Waals surface area contributed by atoms with E-state index in [0.717, 1.165) is 0 Å². The summed E-state index contributed by atoms with van der Waals surface area (Å²) in [6.45, 7) is 7.75. The fraction of sp³-hybridized carbons (Fsp3) is 0.176. The molecule has 1 aromatic carbocycles. The molecule has 0 unspecified atom stereocenters. The Morgan fingerprint density at radius 3 is 2.73 bits per heavy atom. The van der Waals surface area contributed by atoms with Crippen molar-refractivity contribution in [1.82, 2.24) is 5.32 Å². The van der Waals surface area contributed by atoms with Crippen LogP contribution in [0, 0.1) is 11.3 Å². The van der Waals surface area contributed by atoms with Crippen LogP contribution in [0.4, 0.5) is 0 Å². The van der Waals surface area contributed by atoms with Crippen LogP contribution in [0.5, 0.6) is 11.5 Å². The smallest absolute Gasteiger partial charge is 0.262 e. The van der Waals surface area contributed by atoms with Crippen molar-refractivity contribution in [3.05, 3.63) is 54.6 Å². The van der Waals surface area contributed by atoms with Gasteiger partial charge in [-0.25, -0.2) is 0 Å². The normalized spacial score (nSPS) is 10.3. The minimum atomic E-state index is -0.451. The second-order valence-corrected chi connectivity index (χ2v) is 4.18. The summed E-state index contributed by atoms with van der Waals surface area (Å²) in [6, 6.07) is 7.01. The molecule has 1 rings (SSSR count). The summed E-state index contributed by atoms with van der Waals surface area (Å²) in [7, 11) is 1.52. The van der Waals surface area contributed by atoms with Gasteiger partial charge in [0, 0.05) is 6.54 Å². The Kier molecular flexibility index (Phi) is 7.00. The largest absolute Gasteiger partial charge is 0.493 e. The van der Waals surface area contributed by atoms with Crippen molar-refractivity contribution in [1.29, 1.82) is 5.26 Å². The maximum absolute atomic E-state index is 11.8. The van der Waals surface area contributed by atoms with E-state index in [-0.39, 0.29) is 5.57 Å². The molecule has 0 atom stereocenters. The number of hydrogen-bond donors (Lipinski definition) is 1. The van der Waals surface area contributed by atoms with Gasteiger partial charge in [0.1, 0.15) is 18.2 Å². The van der Waals surface area contributed by atoms with Gasteiger partial charge in [0.05, 0.1) is 7.11 Å². The SMILES string of the molecule is C=CCNC(=O)/C(C#N)=C/c1ccc(OCC=C)c(OC)c1. The predicted octanol–water partition coefficient (Wildman–Crippen LogP) is 2.47. The number of nitrogens with one attached hydrogen (secondary N) is 1. The van der Waals surface area contributed by atoms with Crippen LogP contribution in [0.2, 0.25) is 0 Å². The first-order chi connectivity index (χ1) is 10.7. The van der Waals surface area contributed by atoms with E-state index < -0.39 is 5.91 Å². The van der Waals surface area contributed by atoms with Gasteiger partial charge in [0.15, 0.2) is 11.5 Å². The van der Waals surface area contributed by atoms with Crippen LogP contribution in [0.3, 0.4) is 0 Å². The van der Waals surface area contributed by atoms with E-state index in [1.807, 2.05) is 6.07 Å². The highest BCUT2D eigenvalue weighted by Crippen LogP contribution is 2.28. The standard InChI is InChI=1S/C17H18N2O3/c1-4-8-19-17(20)14(12-18)10-13-6-7-15(22-9-5-2)16(11-13)21-3/h4-7,10-11H,1-2,8-9H2,3H3,(H,19,20)/b14-10+. The summed E-state index contributed by atoms with van der Waals surface area (Å²) < 4.78 is 10.7. The average Bonchev–Trinajstić information content (AvgIpc) is 2.55. The number of nitrogens with zero attached hydrogens (tertiary/aromatic N) is 1. The van der Waals surface area contributed by atoms with E-state index in [2.05, 4.69) is 18.5 Å². The monoisotopic (exact) mass is 298 g/mol. The predicted molar refractivity (Wildman–Crippen MR) is 85.5 cm³/mol. The summed E-state index contributed by atoms with van der Waals surface area (Å²) in [4.78, 5) is 11.8. The molecule has 1 N–H and O–H groups in total. The highest BCUT2D eigenvalue weighted by Gasteiger charge is 2.09. The van der Waals surface area contributed by atoms with Gasteiger partial charge in [0.25, 0.3) is 5.91 Å². The van der Waals surface area contributed by atoms with E-state index >= 15 is 0 Å². The first-order valence-electron chi connectivity index (χ1n) is 6.58. The number of ether oxygens (including phenoxy) is 2. The van der Waals surface area contributed by atoms with E-state index in [0.29, 0.717) is 30.2 Å². The molecule has 5 heteroatoms. The molecule has 0 heterocycles. The molecule has 1 aromatic rings. The fourth-order valence-electron chi connectivity index (χ4n) is 1.62. The van der Waals surface area contributed by atoms with Crippen LogP contribution in [0.1, 0.15) is 5.56 Å². The van der Waals surface area contributed by atoms with Crippen LogP contribution in [0.25, 0.3) is 6.08 Å². The highest BCUT2D eigenvalue weighted by molar-refractivity contribution is 6.01. The van der Waals surface area contributed by atoms with Gasteiger partial charge < -0.3 is 14.8 Å². The van der Waals surface area contributed by atoms with Crippen molar-refractivity contribution < 1.29 is 14.3 Å². The molecule has 1 amide bonds. The molecule has 0 aliphatic carbocycles. The van der Waals surface area contributed by atoms with Crippen molar-refractivity contribution in [2.75, 3.05) is 20.3 Å². The fourth-order valence-corrected chi connectivity index (χ4v) is 1.62. The molecule has 0 aromatic heterocycles. The minimum Gasteiger partial charge on any atom is -0.493 e. The van der Waals surface area contributed by atoms with Crippen molar-refractivity contribution in [2.45, 2.75) is 0 Å². The number of methoxy groups -OCH3 is 1. The molecule has 0 saturated heterocycles. The van der Waals surface area contributed by atoms with Gasteiger partial charge in [-0.1, -0.05) is 24.8 Å². The molecule has 0 aliphatic rings. The highest BCUT2D eigenvalue weighted by atomic mass is 16.5. The quantitative estimate of drug-likeness (QED) is 0.454. The Labute approximate surface area is 130 Å². The van der Waals surface area contributed by atoms with Crippen molar-refractivity contribution in [2.24, 2.45) is 0 Å². The van der Waals surface area contributed by atoms with E-state index in [4.69, 9.17) is 14.7 Å².